The first kappa shape index (κ1) is 12.1. The molecule has 0 heterocycles. The van der Waals surface area contributed by atoms with Gasteiger partial charge in [-0.15, -0.1) is 0 Å². The number of carboxylic acids is 1. The highest BCUT2D eigenvalue weighted by Crippen LogP contribution is 2.20. The van der Waals surface area contributed by atoms with Gasteiger partial charge in [0.05, 0.1) is 11.0 Å². The smallest absolute Gasteiger partial charge is 0.334 e. The minimum Gasteiger partial charge on any atom is -0.479 e. The van der Waals surface area contributed by atoms with Gasteiger partial charge in [0.15, 0.2) is 6.10 Å². The van der Waals surface area contributed by atoms with Crippen molar-refractivity contribution in [2.75, 3.05) is 0 Å². The van der Waals surface area contributed by atoms with Crippen molar-refractivity contribution < 1.29 is 19.9 Å². The van der Waals surface area contributed by atoms with E-state index in [1.165, 1.54) is 18.2 Å². The van der Waals surface area contributed by atoms with Crippen LogP contribution in [0.4, 0.5) is 5.69 Å². The Morgan fingerprint density at radius 3 is 2.62 bits per heavy atom. The number of nitro groups is 1. The van der Waals surface area contributed by atoms with Crippen LogP contribution < -0.4 is 5.73 Å². The number of aliphatic carboxylic acids is 1. The molecule has 1 aromatic carbocycles. The summed E-state index contributed by atoms with van der Waals surface area (Å²) in [6, 6.07) is 3.99. The Hall–Kier alpha value is -1.99. The topological polar surface area (TPSA) is 127 Å². The number of carbonyl (C=O) groups is 1. The van der Waals surface area contributed by atoms with Gasteiger partial charge in [0.1, 0.15) is 0 Å². The molecule has 1 aromatic rings. The lowest BCUT2D eigenvalue weighted by Crippen LogP contribution is -2.33. The van der Waals surface area contributed by atoms with E-state index in [4.69, 9.17) is 10.8 Å². The summed E-state index contributed by atoms with van der Waals surface area (Å²) in [4.78, 5) is 20.3. The number of hydrogen-bond acceptors (Lipinski definition) is 5. The second kappa shape index (κ2) is 4.69. The molecule has 0 saturated carbocycles. The molecule has 1 rings (SSSR count). The molecule has 0 saturated heterocycles. The van der Waals surface area contributed by atoms with Crippen LogP contribution in [0, 0.1) is 10.1 Å². The molecule has 0 spiro atoms. The minimum atomic E-state index is -1.79. The van der Waals surface area contributed by atoms with Crippen molar-refractivity contribution in [3.63, 3.8) is 0 Å². The van der Waals surface area contributed by atoms with E-state index in [0.717, 1.165) is 6.07 Å². The van der Waals surface area contributed by atoms with Crippen LogP contribution in [-0.2, 0) is 4.79 Å². The fourth-order valence-corrected chi connectivity index (χ4v) is 1.18. The van der Waals surface area contributed by atoms with Crippen molar-refractivity contribution in [2.24, 2.45) is 5.73 Å². The number of aliphatic hydroxyl groups excluding tert-OH is 1. The number of nitro benzene ring substituents is 1. The predicted molar refractivity (Wildman–Crippen MR) is 53.7 cm³/mol. The molecule has 7 heteroatoms. The second-order valence-corrected chi connectivity index (χ2v) is 3.16. The highest BCUT2D eigenvalue weighted by atomic mass is 16.6. The average Bonchev–Trinajstić information content (AvgIpc) is 2.27. The van der Waals surface area contributed by atoms with E-state index < -0.39 is 23.0 Å². The summed E-state index contributed by atoms with van der Waals surface area (Å²) >= 11 is 0. The van der Waals surface area contributed by atoms with Gasteiger partial charge in [-0.05, 0) is 5.56 Å². The third-order valence-corrected chi connectivity index (χ3v) is 2.06. The zero-order valence-electron chi connectivity index (χ0n) is 8.11. The van der Waals surface area contributed by atoms with Crippen molar-refractivity contribution in [1.29, 1.82) is 0 Å². The molecule has 0 fully saturated rings. The summed E-state index contributed by atoms with van der Waals surface area (Å²) in [5.74, 6) is -1.47. The third-order valence-electron chi connectivity index (χ3n) is 2.06. The van der Waals surface area contributed by atoms with Crippen LogP contribution in [0.25, 0.3) is 0 Å². The largest absolute Gasteiger partial charge is 0.479 e. The summed E-state index contributed by atoms with van der Waals surface area (Å²) in [6.07, 6.45) is -1.79. The van der Waals surface area contributed by atoms with Crippen molar-refractivity contribution in [1.82, 2.24) is 0 Å². The molecule has 0 aliphatic heterocycles. The second-order valence-electron chi connectivity index (χ2n) is 3.16. The number of benzene rings is 1. The van der Waals surface area contributed by atoms with E-state index in [0.29, 0.717) is 0 Å². The van der Waals surface area contributed by atoms with Crippen LogP contribution in [0.1, 0.15) is 11.6 Å². The van der Waals surface area contributed by atoms with Crippen molar-refractivity contribution in [3.8, 4) is 0 Å². The van der Waals surface area contributed by atoms with E-state index in [2.05, 4.69) is 0 Å². The van der Waals surface area contributed by atoms with Crippen molar-refractivity contribution in [2.45, 2.75) is 12.1 Å². The maximum atomic E-state index is 10.5. The molecule has 0 amide bonds. The Bertz CT molecular complexity index is 420. The first-order chi connectivity index (χ1) is 7.43. The van der Waals surface area contributed by atoms with Crippen molar-refractivity contribution in [3.05, 3.63) is 39.9 Å². The number of non-ortho nitro benzene ring substituents is 1. The highest BCUT2D eigenvalue weighted by molar-refractivity contribution is 5.73. The zero-order chi connectivity index (χ0) is 12.3. The Balaban J connectivity index is 3.00. The average molecular weight is 226 g/mol. The summed E-state index contributed by atoms with van der Waals surface area (Å²) in [7, 11) is 0. The first-order valence-electron chi connectivity index (χ1n) is 4.34. The third kappa shape index (κ3) is 2.53. The molecule has 2 atom stereocenters. The molecule has 86 valence electrons. The van der Waals surface area contributed by atoms with Crippen LogP contribution in [0.3, 0.4) is 0 Å². The van der Waals surface area contributed by atoms with Gasteiger partial charge in [0, 0.05) is 12.1 Å². The molecule has 0 radical (unpaired) electrons. The van der Waals surface area contributed by atoms with Gasteiger partial charge in [-0.1, -0.05) is 12.1 Å². The normalized spacial score (nSPS) is 14.1. The summed E-state index contributed by atoms with van der Waals surface area (Å²) in [5, 5.41) is 28.2. The molecular formula is C9H10N2O5. The van der Waals surface area contributed by atoms with Crippen LogP contribution in [0.5, 0.6) is 0 Å². The maximum absolute atomic E-state index is 10.5. The van der Waals surface area contributed by atoms with E-state index in [-0.39, 0.29) is 11.3 Å². The summed E-state index contributed by atoms with van der Waals surface area (Å²) in [6.45, 7) is 0. The standard InChI is InChI=1S/C9H10N2O5/c10-7(8(12)9(13)14)5-2-1-3-6(4-5)11(15)16/h1-4,7-8,12H,10H2,(H,13,14)/t7-,8-/m0/s1. The van der Waals surface area contributed by atoms with E-state index in [9.17, 15) is 20.0 Å². The molecule has 16 heavy (non-hydrogen) atoms. The van der Waals surface area contributed by atoms with Crippen LogP contribution >= 0.6 is 0 Å². The summed E-state index contributed by atoms with van der Waals surface area (Å²) in [5.41, 5.74) is 5.45. The quantitative estimate of drug-likeness (QED) is 0.491. The van der Waals surface area contributed by atoms with Gasteiger partial charge in [0.2, 0.25) is 0 Å². The Morgan fingerprint density at radius 2 is 2.12 bits per heavy atom. The van der Waals surface area contributed by atoms with E-state index >= 15 is 0 Å². The molecule has 7 nitrogen and oxygen atoms in total. The van der Waals surface area contributed by atoms with Crippen LogP contribution in [-0.4, -0.2) is 27.2 Å². The van der Waals surface area contributed by atoms with E-state index in [1.54, 1.807) is 0 Å². The Morgan fingerprint density at radius 1 is 1.50 bits per heavy atom. The molecule has 0 aromatic heterocycles. The van der Waals surface area contributed by atoms with Crippen LogP contribution in [0.15, 0.2) is 24.3 Å². The lowest BCUT2D eigenvalue weighted by Gasteiger charge is -2.14. The van der Waals surface area contributed by atoms with Crippen molar-refractivity contribution >= 4 is 11.7 Å². The van der Waals surface area contributed by atoms with Gasteiger partial charge in [-0.2, -0.15) is 0 Å². The molecule has 0 bridgehead atoms. The first-order valence-corrected chi connectivity index (χ1v) is 4.34. The van der Waals surface area contributed by atoms with Gasteiger partial charge in [0.25, 0.3) is 5.69 Å². The lowest BCUT2D eigenvalue weighted by molar-refractivity contribution is -0.384. The van der Waals surface area contributed by atoms with Gasteiger partial charge in [-0.3, -0.25) is 10.1 Å². The van der Waals surface area contributed by atoms with E-state index in [1.807, 2.05) is 0 Å². The summed E-state index contributed by atoms with van der Waals surface area (Å²) < 4.78 is 0. The van der Waals surface area contributed by atoms with Crippen LogP contribution in [0.2, 0.25) is 0 Å². The minimum absolute atomic E-state index is 0.198. The maximum Gasteiger partial charge on any atom is 0.334 e. The van der Waals surface area contributed by atoms with Gasteiger partial charge in [-0.25, -0.2) is 4.79 Å². The number of nitrogens with two attached hydrogens (primary N) is 1. The predicted octanol–water partition coefficient (Wildman–Crippen LogP) is 0.0401. The monoisotopic (exact) mass is 226 g/mol. The molecule has 0 aliphatic carbocycles. The number of carboxylic acid groups (broad SMARTS) is 1. The SMILES string of the molecule is N[C@@H](c1cccc([N+](=O)[O-])c1)[C@H](O)C(=O)O. The van der Waals surface area contributed by atoms with Gasteiger partial charge >= 0.3 is 5.97 Å². The molecule has 0 aliphatic rings. The molecule has 0 unspecified atom stereocenters. The van der Waals surface area contributed by atoms with Gasteiger partial charge < -0.3 is 15.9 Å². The lowest BCUT2D eigenvalue weighted by atomic mass is 10.0. The number of aliphatic hydroxyl groups is 1. The fourth-order valence-electron chi connectivity index (χ4n) is 1.18. The number of hydrogen-bond donors (Lipinski definition) is 3. The fraction of sp³-hybridized carbons (Fsp3) is 0.222. The Labute approximate surface area is 90.3 Å². The highest BCUT2D eigenvalue weighted by Gasteiger charge is 2.24. The number of rotatable bonds is 4. The molecule has 4 N–H and O–H groups in total. The number of nitrogens with zero attached hydrogens (tertiary/aromatic N) is 1. The Kier molecular flexibility index (Phi) is 3.54. The zero-order valence-corrected chi connectivity index (χ0v) is 8.11. The molecular weight excluding hydrogens is 216 g/mol.